The molecule has 2 aromatic rings. The molecule has 4 nitrogen and oxygen atoms in total. The summed E-state index contributed by atoms with van der Waals surface area (Å²) < 4.78 is 6.07. The van der Waals surface area contributed by atoms with Gasteiger partial charge in [-0.3, -0.25) is 9.69 Å². The molecule has 0 radical (unpaired) electrons. The van der Waals surface area contributed by atoms with Gasteiger partial charge in [-0.25, -0.2) is 0 Å². The molecule has 0 spiro atoms. The maximum absolute atomic E-state index is 10.8. The molecule has 6 heteroatoms. The van der Waals surface area contributed by atoms with Crippen molar-refractivity contribution in [1.82, 2.24) is 4.90 Å². The highest BCUT2D eigenvalue weighted by Crippen LogP contribution is 2.30. The van der Waals surface area contributed by atoms with Gasteiger partial charge in [-0.05, 0) is 24.7 Å². The van der Waals surface area contributed by atoms with E-state index >= 15 is 0 Å². The molecule has 0 heterocycles. The monoisotopic (exact) mass is 367 g/mol. The number of hydrogen-bond donors (Lipinski definition) is 1. The fourth-order valence-electron chi connectivity index (χ4n) is 2.32. The molecule has 24 heavy (non-hydrogen) atoms. The summed E-state index contributed by atoms with van der Waals surface area (Å²) in [6.07, 6.45) is 0.438. The Bertz CT molecular complexity index is 679. The lowest BCUT2D eigenvalue weighted by atomic mass is 10.1. The zero-order valence-electron chi connectivity index (χ0n) is 13.3. The SMILES string of the molecule is CN(CC[C@@H](Oc1ccc(Cl)c(Cl)c1)c1ccccc1)CC(=O)O. The van der Waals surface area contributed by atoms with E-state index in [0.717, 1.165) is 5.56 Å². The van der Waals surface area contributed by atoms with Crippen LogP contribution in [0.2, 0.25) is 10.0 Å². The zero-order valence-corrected chi connectivity index (χ0v) is 14.8. The van der Waals surface area contributed by atoms with E-state index in [-0.39, 0.29) is 12.6 Å². The third-order valence-electron chi connectivity index (χ3n) is 3.52. The summed E-state index contributed by atoms with van der Waals surface area (Å²) in [6, 6.07) is 14.9. The van der Waals surface area contributed by atoms with E-state index in [4.69, 9.17) is 33.0 Å². The number of carboxylic acids is 1. The highest BCUT2D eigenvalue weighted by atomic mass is 35.5. The van der Waals surface area contributed by atoms with Crippen LogP contribution >= 0.6 is 23.2 Å². The Hall–Kier alpha value is -1.75. The van der Waals surface area contributed by atoms with Crippen molar-refractivity contribution in [3.05, 3.63) is 64.1 Å². The molecule has 1 N–H and O–H groups in total. The van der Waals surface area contributed by atoms with Crippen LogP contribution in [0.1, 0.15) is 18.1 Å². The number of nitrogens with zero attached hydrogens (tertiary/aromatic N) is 1. The molecule has 0 aliphatic carbocycles. The first kappa shape index (κ1) is 18.6. The van der Waals surface area contributed by atoms with Gasteiger partial charge < -0.3 is 9.84 Å². The second-order valence-electron chi connectivity index (χ2n) is 5.51. The zero-order chi connectivity index (χ0) is 17.5. The van der Waals surface area contributed by atoms with Crippen LogP contribution in [-0.4, -0.2) is 36.1 Å². The van der Waals surface area contributed by atoms with Gasteiger partial charge in [0.1, 0.15) is 11.9 Å². The molecule has 0 unspecified atom stereocenters. The summed E-state index contributed by atoms with van der Waals surface area (Å²) in [4.78, 5) is 12.5. The third kappa shape index (κ3) is 5.71. The summed E-state index contributed by atoms with van der Waals surface area (Å²) in [5.41, 5.74) is 1.02. The minimum absolute atomic E-state index is 0.00567. The number of rotatable bonds is 8. The Morgan fingerprint density at radius 2 is 1.88 bits per heavy atom. The number of benzene rings is 2. The lowest BCUT2D eigenvalue weighted by Crippen LogP contribution is -2.28. The number of ether oxygens (including phenoxy) is 1. The first-order valence-electron chi connectivity index (χ1n) is 7.52. The van der Waals surface area contributed by atoms with Crippen molar-refractivity contribution in [2.45, 2.75) is 12.5 Å². The van der Waals surface area contributed by atoms with E-state index in [2.05, 4.69) is 0 Å². The van der Waals surface area contributed by atoms with Gasteiger partial charge in [0, 0.05) is 19.0 Å². The normalized spacial score (nSPS) is 12.2. The largest absolute Gasteiger partial charge is 0.486 e. The van der Waals surface area contributed by atoms with Gasteiger partial charge in [-0.15, -0.1) is 0 Å². The predicted octanol–water partition coefficient (Wildman–Crippen LogP) is 4.52. The van der Waals surface area contributed by atoms with Crippen LogP contribution in [0.25, 0.3) is 0 Å². The highest BCUT2D eigenvalue weighted by molar-refractivity contribution is 6.42. The molecule has 0 saturated heterocycles. The average molecular weight is 368 g/mol. The number of halogens is 2. The summed E-state index contributed by atoms with van der Waals surface area (Å²) >= 11 is 12.0. The van der Waals surface area contributed by atoms with E-state index in [1.54, 1.807) is 30.1 Å². The van der Waals surface area contributed by atoms with Crippen LogP contribution in [0.15, 0.2) is 48.5 Å². The Kier molecular flexibility index (Phi) is 6.91. The Morgan fingerprint density at radius 3 is 2.50 bits per heavy atom. The van der Waals surface area contributed by atoms with E-state index in [9.17, 15) is 4.79 Å². The van der Waals surface area contributed by atoms with Crippen LogP contribution in [-0.2, 0) is 4.79 Å². The van der Waals surface area contributed by atoms with Crippen LogP contribution in [0.5, 0.6) is 5.75 Å². The molecule has 0 saturated carbocycles. The molecule has 0 fully saturated rings. The fourth-order valence-corrected chi connectivity index (χ4v) is 2.61. The van der Waals surface area contributed by atoms with Gasteiger partial charge in [-0.2, -0.15) is 0 Å². The van der Waals surface area contributed by atoms with Crippen molar-refractivity contribution in [3.63, 3.8) is 0 Å². The Labute approximate surface area is 151 Å². The second kappa shape index (κ2) is 8.92. The number of hydrogen-bond acceptors (Lipinski definition) is 3. The van der Waals surface area contributed by atoms with Crippen LogP contribution < -0.4 is 4.74 Å². The van der Waals surface area contributed by atoms with Crippen molar-refractivity contribution in [2.75, 3.05) is 20.1 Å². The summed E-state index contributed by atoms with van der Waals surface area (Å²) in [5.74, 6) is -0.224. The Morgan fingerprint density at radius 1 is 1.17 bits per heavy atom. The van der Waals surface area contributed by atoms with Crippen molar-refractivity contribution >= 4 is 29.2 Å². The van der Waals surface area contributed by atoms with E-state index in [0.29, 0.717) is 28.8 Å². The quantitative estimate of drug-likeness (QED) is 0.744. The molecule has 0 aliphatic rings. The number of aliphatic carboxylic acids is 1. The van der Waals surface area contributed by atoms with Gasteiger partial charge in [0.05, 0.1) is 16.6 Å². The van der Waals surface area contributed by atoms with Gasteiger partial charge in [0.15, 0.2) is 0 Å². The first-order chi connectivity index (χ1) is 11.5. The van der Waals surface area contributed by atoms with Crippen LogP contribution in [0, 0.1) is 0 Å². The van der Waals surface area contributed by atoms with Crippen molar-refractivity contribution < 1.29 is 14.6 Å². The predicted molar refractivity (Wildman–Crippen MR) is 96.0 cm³/mol. The lowest BCUT2D eigenvalue weighted by Gasteiger charge is -2.22. The summed E-state index contributed by atoms with van der Waals surface area (Å²) in [5, 5.41) is 9.77. The number of carbonyl (C=O) groups is 1. The standard InChI is InChI=1S/C18H19Cl2NO3/c1-21(12-18(22)23)10-9-17(13-5-3-2-4-6-13)24-14-7-8-15(19)16(20)11-14/h2-8,11,17H,9-10,12H2,1H3,(H,22,23)/t17-/m1/s1. The average Bonchev–Trinajstić information content (AvgIpc) is 2.55. The summed E-state index contributed by atoms with van der Waals surface area (Å²) in [7, 11) is 1.77. The summed E-state index contributed by atoms with van der Waals surface area (Å²) in [6.45, 7) is 0.585. The minimum Gasteiger partial charge on any atom is -0.486 e. The van der Waals surface area contributed by atoms with E-state index in [1.165, 1.54) is 0 Å². The van der Waals surface area contributed by atoms with E-state index in [1.807, 2.05) is 30.3 Å². The first-order valence-corrected chi connectivity index (χ1v) is 8.28. The maximum Gasteiger partial charge on any atom is 0.317 e. The van der Waals surface area contributed by atoms with Gasteiger partial charge >= 0.3 is 5.97 Å². The Balaban J connectivity index is 2.11. The molecule has 1 atom stereocenters. The minimum atomic E-state index is -0.848. The second-order valence-corrected chi connectivity index (χ2v) is 6.33. The van der Waals surface area contributed by atoms with Crippen molar-refractivity contribution in [2.24, 2.45) is 0 Å². The maximum atomic E-state index is 10.8. The molecule has 2 aromatic carbocycles. The highest BCUT2D eigenvalue weighted by Gasteiger charge is 2.16. The number of carboxylic acid groups (broad SMARTS) is 1. The number of likely N-dealkylation sites (N-methyl/N-ethyl adjacent to an activating group) is 1. The van der Waals surface area contributed by atoms with Crippen LogP contribution in [0.3, 0.4) is 0 Å². The molecule has 0 aromatic heterocycles. The van der Waals surface area contributed by atoms with Gasteiger partial charge in [0.2, 0.25) is 0 Å². The van der Waals surface area contributed by atoms with Gasteiger partial charge in [0.25, 0.3) is 0 Å². The molecule has 128 valence electrons. The molecule has 2 rings (SSSR count). The molecule has 0 bridgehead atoms. The van der Waals surface area contributed by atoms with Gasteiger partial charge in [-0.1, -0.05) is 53.5 Å². The topological polar surface area (TPSA) is 49.8 Å². The third-order valence-corrected chi connectivity index (χ3v) is 4.26. The molecule has 0 aliphatic heterocycles. The van der Waals surface area contributed by atoms with Crippen LogP contribution in [0.4, 0.5) is 0 Å². The molecular formula is C18H19Cl2NO3. The molecule has 0 amide bonds. The fraction of sp³-hybridized carbons (Fsp3) is 0.278. The molecular weight excluding hydrogens is 349 g/mol. The van der Waals surface area contributed by atoms with Crippen molar-refractivity contribution in [3.8, 4) is 5.75 Å². The van der Waals surface area contributed by atoms with Crippen molar-refractivity contribution in [1.29, 1.82) is 0 Å². The lowest BCUT2D eigenvalue weighted by molar-refractivity contribution is -0.138. The smallest absolute Gasteiger partial charge is 0.317 e. The van der Waals surface area contributed by atoms with E-state index < -0.39 is 5.97 Å².